The summed E-state index contributed by atoms with van der Waals surface area (Å²) in [4.78, 5) is 21.8. The maximum Gasteiger partial charge on any atom is 0.280 e. The molecule has 0 aromatic carbocycles. The van der Waals surface area contributed by atoms with Crippen molar-refractivity contribution < 1.29 is 14.9 Å². The Morgan fingerprint density at radius 1 is 1.62 bits per heavy atom. The van der Waals surface area contributed by atoms with Crippen LogP contribution in [-0.4, -0.2) is 53.9 Å². The highest BCUT2D eigenvalue weighted by atomic mass is 35.5. The molecule has 21 heavy (non-hydrogen) atoms. The van der Waals surface area contributed by atoms with Crippen molar-refractivity contribution in [2.24, 2.45) is 0 Å². The number of nitrogens with zero attached hydrogens (tertiary/aromatic N) is 3. The average molecular weight is 318 g/mol. The van der Waals surface area contributed by atoms with E-state index in [9.17, 15) is 15.0 Å². The monoisotopic (exact) mass is 317 g/mol. The van der Waals surface area contributed by atoms with E-state index in [-0.39, 0.29) is 23.8 Å². The van der Waals surface area contributed by atoms with Gasteiger partial charge in [0.25, 0.3) is 5.56 Å². The van der Waals surface area contributed by atoms with E-state index >= 15 is 0 Å². The number of nitrogens with one attached hydrogen (secondary N) is 1. The van der Waals surface area contributed by atoms with Crippen LogP contribution in [0.4, 0.5) is 5.95 Å². The zero-order chi connectivity index (χ0) is 15.6. The van der Waals surface area contributed by atoms with Gasteiger partial charge >= 0.3 is 0 Å². The summed E-state index contributed by atoms with van der Waals surface area (Å²) >= 11 is 5.76. The fourth-order valence-corrected chi connectivity index (χ4v) is 1.96. The van der Waals surface area contributed by atoms with Crippen molar-refractivity contribution in [3.8, 4) is 0 Å². The first-order valence-electron chi connectivity index (χ1n) is 6.19. The summed E-state index contributed by atoms with van der Waals surface area (Å²) in [5.74, 6) is -0.0395. The number of aromatic amines is 1. The van der Waals surface area contributed by atoms with Gasteiger partial charge in [-0.2, -0.15) is 4.98 Å². The standard InChI is InChI=1S/C11H16ClN5O4/c1-5(12)8(19)6(2-18)21-4-17-3-14-7-9(17)15-11(13)16-10(7)20/h3,5-6,8,18-19H,2,4H2,1H3,(H3,13,15,16,20). The van der Waals surface area contributed by atoms with Crippen molar-refractivity contribution in [1.29, 1.82) is 0 Å². The minimum absolute atomic E-state index is 0.0395. The number of ether oxygens (including phenoxy) is 1. The molecule has 0 fully saturated rings. The predicted molar refractivity (Wildman–Crippen MR) is 75.8 cm³/mol. The van der Waals surface area contributed by atoms with Gasteiger partial charge in [-0.05, 0) is 6.92 Å². The molecule has 0 spiro atoms. The highest BCUT2D eigenvalue weighted by Gasteiger charge is 2.24. The summed E-state index contributed by atoms with van der Waals surface area (Å²) < 4.78 is 6.83. The fraction of sp³-hybridized carbons (Fsp3) is 0.545. The molecule has 0 aliphatic heterocycles. The molecule has 9 nitrogen and oxygen atoms in total. The maximum absolute atomic E-state index is 11.6. The number of rotatable bonds is 6. The number of hydrogen-bond acceptors (Lipinski definition) is 7. The molecule has 2 aromatic heterocycles. The lowest BCUT2D eigenvalue weighted by atomic mass is 10.1. The van der Waals surface area contributed by atoms with Gasteiger partial charge in [0, 0.05) is 0 Å². The SMILES string of the molecule is CC(Cl)C(O)C(CO)OCn1cnc2c(=O)[nH]c(N)nc21. The Labute approximate surface area is 124 Å². The van der Waals surface area contributed by atoms with Gasteiger partial charge in [0.2, 0.25) is 5.95 Å². The van der Waals surface area contributed by atoms with Crippen LogP contribution in [0, 0.1) is 0 Å². The third-order valence-corrected chi connectivity index (χ3v) is 3.21. The molecule has 2 heterocycles. The van der Waals surface area contributed by atoms with Crippen molar-refractivity contribution in [2.75, 3.05) is 12.3 Å². The second-order valence-electron chi connectivity index (χ2n) is 4.52. The highest BCUT2D eigenvalue weighted by molar-refractivity contribution is 6.20. The van der Waals surface area contributed by atoms with Crippen LogP contribution in [0.1, 0.15) is 6.92 Å². The normalized spacial score (nSPS) is 16.0. The lowest BCUT2D eigenvalue weighted by molar-refractivity contribution is -0.0859. The molecular formula is C11H16ClN5O4. The number of halogens is 1. The summed E-state index contributed by atoms with van der Waals surface area (Å²) in [6, 6.07) is 0. The van der Waals surface area contributed by atoms with Crippen molar-refractivity contribution >= 4 is 28.7 Å². The molecule has 2 rings (SSSR count). The second-order valence-corrected chi connectivity index (χ2v) is 5.21. The van der Waals surface area contributed by atoms with E-state index in [2.05, 4.69) is 15.0 Å². The Bertz CT molecular complexity index is 670. The summed E-state index contributed by atoms with van der Waals surface area (Å²) in [7, 11) is 0. The molecular weight excluding hydrogens is 302 g/mol. The molecule has 0 bridgehead atoms. The van der Waals surface area contributed by atoms with Crippen LogP contribution in [0.3, 0.4) is 0 Å². The van der Waals surface area contributed by atoms with Crippen LogP contribution < -0.4 is 11.3 Å². The van der Waals surface area contributed by atoms with Crippen LogP contribution in [0.25, 0.3) is 11.2 Å². The van der Waals surface area contributed by atoms with Gasteiger partial charge in [0.15, 0.2) is 11.2 Å². The van der Waals surface area contributed by atoms with E-state index in [0.717, 1.165) is 0 Å². The number of hydrogen-bond donors (Lipinski definition) is 4. The molecule has 0 saturated carbocycles. The Morgan fingerprint density at radius 3 is 2.95 bits per heavy atom. The molecule has 3 unspecified atom stereocenters. The van der Waals surface area contributed by atoms with Crippen LogP contribution in [-0.2, 0) is 11.5 Å². The number of nitrogens with two attached hydrogens (primary N) is 1. The topological polar surface area (TPSA) is 139 Å². The molecule has 2 aromatic rings. The molecule has 0 aliphatic carbocycles. The minimum Gasteiger partial charge on any atom is -0.394 e. The van der Waals surface area contributed by atoms with Crippen LogP contribution in [0.15, 0.2) is 11.1 Å². The van der Waals surface area contributed by atoms with Crippen LogP contribution in [0.5, 0.6) is 0 Å². The first kappa shape index (κ1) is 15.7. The Kier molecular flexibility index (Phi) is 4.78. The zero-order valence-corrected chi connectivity index (χ0v) is 12.0. The molecule has 0 aliphatic rings. The largest absolute Gasteiger partial charge is 0.394 e. The third kappa shape index (κ3) is 3.32. The smallest absolute Gasteiger partial charge is 0.280 e. The van der Waals surface area contributed by atoms with E-state index in [0.29, 0.717) is 0 Å². The van der Waals surface area contributed by atoms with Gasteiger partial charge in [-0.15, -0.1) is 11.6 Å². The van der Waals surface area contributed by atoms with Gasteiger partial charge in [-0.1, -0.05) is 0 Å². The van der Waals surface area contributed by atoms with Gasteiger partial charge in [0.05, 0.1) is 24.4 Å². The number of H-pyrrole nitrogens is 1. The Morgan fingerprint density at radius 2 is 2.33 bits per heavy atom. The zero-order valence-electron chi connectivity index (χ0n) is 11.2. The Balaban J connectivity index is 2.19. The number of aliphatic hydroxyl groups is 2. The number of imidazole rings is 1. The van der Waals surface area contributed by atoms with Crippen molar-refractivity contribution in [1.82, 2.24) is 19.5 Å². The van der Waals surface area contributed by atoms with Crippen molar-refractivity contribution in [3.05, 3.63) is 16.7 Å². The summed E-state index contributed by atoms with van der Waals surface area (Å²) in [6.07, 6.45) is -0.542. The van der Waals surface area contributed by atoms with Gasteiger partial charge in [-0.25, -0.2) is 4.98 Å². The van der Waals surface area contributed by atoms with E-state index in [4.69, 9.17) is 22.1 Å². The summed E-state index contributed by atoms with van der Waals surface area (Å²) in [6.45, 7) is 1.12. The van der Waals surface area contributed by atoms with E-state index in [1.165, 1.54) is 10.9 Å². The lowest BCUT2D eigenvalue weighted by Gasteiger charge is -2.23. The molecule has 10 heteroatoms. The van der Waals surface area contributed by atoms with E-state index in [1.807, 2.05) is 0 Å². The number of anilines is 1. The quantitative estimate of drug-likeness (QED) is 0.502. The Hall–Kier alpha value is -1.68. The van der Waals surface area contributed by atoms with Crippen LogP contribution in [0.2, 0.25) is 0 Å². The van der Waals surface area contributed by atoms with Crippen LogP contribution >= 0.6 is 11.6 Å². The first-order valence-corrected chi connectivity index (χ1v) is 6.63. The van der Waals surface area contributed by atoms with Crippen molar-refractivity contribution in [3.63, 3.8) is 0 Å². The summed E-state index contributed by atoms with van der Waals surface area (Å²) in [5, 5.41) is 18.4. The molecule has 116 valence electrons. The third-order valence-electron chi connectivity index (χ3n) is 2.95. The molecule has 0 radical (unpaired) electrons. The number of fused-ring (bicyclic) bond motifs is 1. The molecule has 3 atom stereocenters. The summed E-state index contributed by atoms with van der Waals surface area (Å²) in [5.41, 5.74) is 5.40. The number of alkyl halides is 1. The molecule has 0 amide bonds. The fourth-order valence-electron chi connectivity index (χ4n) is 1.80. The number of aliphatic hydroxyl groups excluding tert-OH is 2. The minimum atomic E-state index is -1.03. The second kappa shape index (κ2) is 6.39. The van der Waals surface area contributed by atoms with Gasteiger partial charge < -0.3 is 20.7 Å². The lowest BCUT2D eigenvalue weighted by Crippen LogP contribution is -2.38. The van der Waals surface area contributed by atoms with Gasteiger partial charge in [-0.3, -0.25) is 14.3 Å². The van der Waals surface area contributed by atoms with E-state index in [1.54, 1.807) is 6.92 Å². The number of aromatic nitrogens is 4. The maximum atomic E-state index is 11.6. The van der Waals surface area contributed by atoms with Crippen molar-refractivity contribution in [2.45, 2.75) is 31.2 Å². The highest BCUT2D eigenvalue weighted by Crippen LogP contribution is 2.12. The number of nitrogen functional groups attached to an aromatic ring is 1. The first-order chi connectivity index (χ1) is 9.93. The predicted octanol–water partition coefficient (Wildman–Crippen LogP) is -0.975. The molecule has 0 saturated heterocycles. The van der Waals surface area contributed by atoms with E-state index < -0.39 is 29.8 Å². The molecule has 5 N–H and O–H groups in total. The average Bonchev–Trinajstić information content (AvgIpc) is 2.82. The van der Waals surface area contributed by atoms with Gasteiger partial charge in [0.1, 0.15) is 12.8 Å².